The van der Waals surface area contributed by atoms with Gasteiger partial charge in [-0.2, -0.15) is 4.68 Å². The summed E-state index contributed by atoms with van der Waals surface area (Å²) >= 11 is 1.28. The summed E-state index contributed by atoms with van der Waals surface area (Å²) < 4.78 is 18.1. The smallest absolute Gasteiger partial charge is 0.214 e. The van der Waals surface area contributed by atoms with Gasteiger partial charge in [-0.3, -0.25) is 4.79 Å². The van der Waals surface area contributed by atoms with Crippen molar-refractivity contribution in [1.29, 1.82) is 0 Å². The van der Waals surface area contributed by atoms with Gasteiger partial charge < -0.3 is 14.2 Å². The van der Waals surface area contributed by atoms with E-state index in [1.165, 1.54) is 11.8 Å². The van der Waals surface area contributed by atoms with Crippen molar-refractivity contribution >= 4 is 17.5 Å². The molecule has 1 aliphatic heterocycles. The number of thioether (sulfide) groups is 1. The van der Waals surface area contributed by atoms with Crippen molar-refractivity contribution < 1.29 is 19.0 Å². The van der Waals surface area contributed by atoms with E-state index in [4.69, 9.17) is 14.2 Å². The summed E-state index contributed by atoms with van der Waals surface area (Å²) in [4.78, 5) is 12.6. The minimum absolute atomic E-state index is 0.0387. The van der Waals surface area contributed by atoms with Crippen molar-refractivity contribution in [1.82, 2.24) is 20.2 Å². The Balaban J connectivity index is 1.44. The Morgan fingerprint density at radius 3 is 2.71 bits per heavy atom. The molecule has 144 valence electrons. The third-order valence-electron chi connectivity index (χ3n) is 4.03. The number of Topliss-reactive ketones (excluding diaryl/α,β-unsaturated/α-hetero) is 1. The zero-order chi connectivity index (χ0) is 19.3. The number of carbonyl (C=O) groups excluding carboxylic acids is 1. The fourth-order valence-corrected chi connectivity index (χ4v) is 3.50. The van der Waals surface area contributed by atoms with Crippen LogP contribution in [0.2, 0.25) is 0 Å². The lowest BCUT2D eigenvalue weighted by molar-refractivity contribution is 0.102. The molecule has 0 fully saturated rings. The molecule has 0 N–H and O–H groups in total. The van der Waals surface area contributed by atoms with Crippen LogP contribution in [0.3, 0.4) is 0 Å². The van der Waals surface area contributed by atoms with E-state index in [0.29, 0.717) is 42.0 Å². The summed E-state index contributed by atoms with van der Waals surface area (Å²) in [5.74, 6) is 2.21. The van der Waals surface area contributed by atoms with Crippen molar-refractivity contribution in [3.8, 4) is 22.9 Å². The Morgan fingerprint density at radius 1 is 1.14 bits per heavy atom. The monoisotopic (exact) mass is 398 g/mol. The largest absolute Gasteiger partial charge is 0.494 e. The normalized spacial score (nSPS) is 12.6. The molecule has 0 bridgehead atoms. The maximum atomic E-state index is 12.6. The number of tetrazole rings is 1. The SMILES string of the molecule is CCOc1ccc(-n2nnnc2SCC(=O)c2ccc3c(c2)OCCO3)cc1. The van der Waals surface area contributed by atoms with Gasteiger partial charge in [0.05, 0.1) is 18.0 Å². The minimum atomic E-state index is -0.0387. The Labute approximate surface area is 165 Å². The second-order valence-corrected chi connectivity index (χ2v) is 6.81. The maximum absolute atomic E-state index is 12.6. The third-order valence-corrected chi connectivity index (χ3v) is 4.95. The van der Waals surface area contributed by atoms with Crippen LogP contribution >= 0.6 is 11.8 Å². The second kappa shape index (κ2) is 8.30. The zero-order valence-corrected chi connectivity index (χ0v) is 16.0. The Bertz CT molecular complexity index is 974. The van der Waals surface area contributed by atoms with Gasteiger partial charge in [0.15, 0.2) is 17.3 Å². The van der Waals surface area contributed by atoms with Crippen LogP contribution in [-0.2, 0) is 0 Å². The molecule has 0 atom stereocenters. The van der Waals surface area contributed by atoms with E-state index < -0.39 is 0 Å². The second-order valence-electron chi connectivity index (χ2n) is 5.87. The molecule has 0 amide bonds. The van der Waals surface area contributed by atoms with E-state index >= 15 is 0 Å². The highest BCUT2D eigenvalue weighted by Crippen LogP contribution is 2.31. The summed E-state index contributed by atoms with van der Waals surface area (Å²) in [6, 6.07) is 12.7. The minimum Gasteiger partial charge on any atom is -0.494 e. The van der Waals surface area contributed by atoms with E-state index in [1.807, 2.05) is 31.2 Å². The van der Waals surface area contributed by atoms with Crippen LogP contribution in [0.1, 0.15) is 17.3 Å². The van der Waals surface area contributed by atoms with Gasteiger partial charge in [-0.15, -0.1) is 5.10 Å². The molecule has 0 unspecified atom stereocenters. The summed E-state index contributed by atoms with van der Waals surface area (Å²) in [7, 11) is 0. The van der Waals surface area contributed by atoms with Crippen molar-refractivity contribution in [2.45, 2.75) is 12.1 Å². The molecule has 1 aromatic heterocycles. The number of aromatic nitrogens is 4. The van der Waals surface area contributed by atoms with Crippen LogP contribution in [0.25, 0.3) is 5.69 Å². The van der Waals surface area contributed by atoms with E-state index in [1.54, 1.807) is 22.9 Å². The Morgan fingerprint density at radius 2 is 1.93 bits per heavy atom. The molecular weight excluding hydrogens is 380 g/mol. The lowest BCUT2D eigenvalue weighted by Gasteiger charge is -2.18. The molecule has 0 saturated heterocycles. The first-order valence-electron chi connectivity index (χ1n) is 8.82. The zero-order valence-electron chi connectivity index (χ0n) is 15.2. The molecule has 0 spiro atoms. The van der Waals surface area contributed by atoms with E-state index in [2.05, 4.69) is 15.5 Å². The van der Waals surface area contributed by atoms with Gasteiger partial charge in [0, 0.05) is 5.56 Å². The molecule has 1 aliphatic rings. The Kier molecular flexibility index (Phi) is 5.43. The molecular formula is C19H18N4O4S. The number of benzene rings is 2. The fourth-order valence-electron chi connectivity index (χ4n) is 2.71. The molecule has 2 aromatic carbocycles. The van der Waals surface area contributed by atoms with Crippen LogP contribution in [0.5, 0.6) is 17.2 Å². The quantitative estimate of drug-likeness (QED) is 0.443. The molecule has 0 radical (unpaired) electrons. The van der Waals surface area contributed by atoms with Gasteiger partial charge in [0.1, 0.15) is 19.0 Å². The number of rotatable bonds is 7. The lowest BCUT2D eigenvalue weighted by Crippen LogP contribution is -2.16. The predicted octanol–water partition coefficient (Wildman–Crippen LogP) is 2.81. The number of hydrogen-bond donors (Lipinski definition) is 0. The number of ether oxygens (including phenoxy) is 3. The van der Waals surface area contributed by atoms with Crippen LogP contribution in [0.4, 0.5) is 0 Å². The van der Waals surface area contributed by atoms with E-state index in [0.717, 1.165) is 11.4 Å². The van der Waals surface area contributed by atoms with Crippen LogP contribution in [-0.4, -0.2) is 51.6 Å². The van der Waals surface area contributed by atoms with Crippen molar-refractivity contribution in [2.24, 2.45) is 0 Å². The molecule has 0 saturated carbocycles. The third kappa shape index (κ3) is 3.94. The molecule has 4 rings (SSSR count). The first-order valence-corrected chi connectivity index (χ1v) is 9.80. The van der Waals surface area contributed by atoms with Crippen molar-refractivity contribution in [3.63, 3.8) is 0 Å². The summed E-state index contributed by atoms with van der Waals surface area (Å²) in [5.41, 5.74) is 1.36. The van der Waals surface area contributed by atoms with Crippen LogP contribution in [0.15, 0.2) is 47.6 Å². The van der Waals surface area contributed by atoms with E-state index in [9.17, 15) is 4.79 Å². The molecule has 3 aromatic rings. The Hall–Kier alpha value is -3.07. The van der Waals surface area contributed by atoms with Crippen molar-refractivity contribution in [2.75, 3.05) is 25.6 Å². The van der Waals surface area contributed by atoms with Gasteiger partial charge in [0.2, 0.25) is 5.16 Å². The van der Waals surface area contributed by atoms with Crippen molar-refractivity contribution in [3.05, 3.63) is 48.0 Å². The van der Waals surface area contributed by atoms with Gasteiger partial charge >= 0.3 is 0 Å². The molecule has 0 aliphatic carbocycles. The molecule has 9 heteroatoms. The fraction of sp³-hybridized carbons (Fsp3) is 0.263. The highest BCUT2D eigenvalue weighted by atomic mass is 32.2. The highest BCUT2D eigenvalue weighted by molar-refractivity contribution is 7.99. The first-order chi connectivity index (χ1) is 13.7. The summed E-state index contributed by atoms with van der Waals surface area (Å²) in [6.07, 6.45) is 0. The van der Waals surface area contributed by atoms with Crippen LogP contribution < -0.4 is 14.2 Å². The molecule has 8 nitrogen and oxygen atoms in total. The van der Waals surface area contributed by atoms with Gasteiger partial charge in [0.25, 0.3) is 0 Å². The molecule has 28 heavy (non-hydrogen) atoms. The maximum Gasteiger partial charge on any atom is 0.214 e. The molecule has 2 heterocycles. The average molecular weight is 398 g/mol. The summed E-state index contributed by atoms with van der Waals surface area (Å²) in [6.45, 7) is 3.54. The standard InChI is InChI=1S/C19H18N4O4S/c1-2-25-15-6-4-14(5-7-15)23-19(20-21-22-23)28-12-16(24)13-3-8-17-18(11-13)27-10-9-26-17/h3-8,11H,2,9-10,12H2,1H3. The predicted molar refractivity (Wildman–Crippen MR) is 103 cm³/mol. The average Bonchev–Trinajstić information content (AvgIpc) is 3.21. The summed E-state index contributed by atoms with van der Waals surface area (Å²) in [5, 5.41) is 12.3. The first kappa shape index (κ1) is 18.3. The van der Waals surface area contributed by atoms with Gasteiger partial charge in [-0.05, 0) is 59.8 Å². The van der Waals surface area contributed by atoms with E-state index in [-0.39, 0.29) is 11.5 Å². The van der Waals surface area contributed by atoms with Crippen LogP contribution in [0, 0.1) is 0 Å². The number of nitrogens with zero attached hydrogens (tertiary/aromatic N) is 4. The number of carbonyl (C=O) groups is 1. The topological polar surface area (TPSA) is 88.4 Å². The van der Waals surface area contributed by atoms with Gasteiger partial charge in [-0.1, -0.05) is 11.8 Å². The number of fused-ring (bicyclic) bond motifs is 1. The number of ketones is 1. The lowest BCUT2D eigenvalue weighted by atomic mass is 10.1. The number of hydrogen-bond acceptors (Lipinski definition) is 8. The highest BCUT2D eigenvalue weighted by Gasteiger charge is 2.17. The van der Waals surface area contributed by atoms with Gasteiger partial charge in [-0.25, -0.2) is 0 Å².